The lowest BCUT2D eigenvalue weighted by molar-refractivity contribution is 0.132. The molecule has 0 amide bonds. The Morgan fingerprint density at radius 3 is 2.50 bits per heavy atom. The van der Waals surface area contributed by atoms with E-state index in [0.29, 0.717) is 0 Å². The van der Waals surface area contributed by atoms with Gasteiger partial charge >= 0.3 is 0 Å². The van der Waals surface area contributed by atoms with Crippen molar-refractivity contribution in [3.8, 4) is 0 Å². The summed E-state index contributed by atoms with van der Waals surface area (Å²) in [5.74, 6) is 1.58. The molecular weight excluding hydrogens is 222 g/mol. The Balaban J connectivity index is 2.12. The minimum absolute atomic E-state index is 0.789. The van der Waals surface area contributed by atoms with Crippen LogP contribution in [0.25, 0.3) is 0 Å². The van der Waals surface area contributed by atoms with Gasteiger partial charge in [0.2, 0.25) is 0 Å². The molecule has 0 spiro atoms. The Morgan fingerprint density at radius 2 is 1.89 bits per heavy atom. The van der Waals surface area contributed by atoms with Crippen molar-refractivity contribution in [2.45, 2.75) is 40.7 Å². The Kier molecular flexibility index (Phi) is 3.91. The standard InChI is InChI=1S/C15H25N3/c1-10-5-11(2)8-18(7-10)9-14-13(4)15(16)12(3)6-17-14/h6,10-11H,5,7-9H2,1-4H3,(H2,16,17). The van der Waals surface area contributed by atoms with Crippen LogP contribution in [0.15, 0.2) is 6.20 Å². The molecule has 2 heterocycles. The molecular formula is C15H25N3. The van der Waals surface area contributed by atoms with E-state index >= 15 is 0 Å². The maximum atomic E-state index is 6.08. The van der Waals surface area contributed by atoms with Gasteiger partial charge in [-0.05, 0) is 43.2 Å². The lowest BCUT2D eigenvalue weighted by atomic mass is 9.91. The van der Waals surface area contributed by atoms with Crippen molar-refractivity contribution >= 4 is 5.69 Å². The molecule has 0 aliphatic carbocycles. The smallest absolute Gasteiger partial charge is 0.0593 e. The Labute approximate surface area is 110 Å². The van der Waals surface area contributed by atoms with Crippen molar-refractivity contribution in [3.05, 3.63) is 23.0 Å². The molecule has 2 rings (SSSR count). The zero-order chi connectivity index (χ0) is 13.3. The van der Waals surface area contributed by atoms with Gasteiger partial charge in [-0.25, -0.2) is 0 Å². The first-order valence-corrected chi connectivity index (χ1v) is 6.90. The van der Waals surface area contributed by atoms with Gasteiger partial charge in [-0.1, -0.05) is 13.8 Å². The molecule has 1 aliphatic heterocycles. The third-order valence-corrected chi connectivity index (χ3v) is 3.99. The lowest BCUT2D eigenvalue weighted by Crippen LogP contribution is -2.38. The number of nitrogen functional groups attached to an aromatic ring is 1. The minimum atomic E-state index is 0.789. The molecule has 18 heavy (non-hydrogen) atoms. The predicted molar refractivity (Wildman–Crippen MR) is 76.3 cm³/mol. The van der Waals surface area contributed by atoms with Crippen molar-refractivity contribution in [3.63, 3.8) is 0 Å². The van der Waals surface area contributed by atoms with Crippen molar-refractivity contribution < 1.29 is 0 Å². The summed E-state index contributed by atoms with van der Waals surface area (Å²) in [6.07, 6.45) is 3.24. The average Bonchev–Trinajstić information content (AvgIpc) is 2.29. The number of nitrogens with two attached hydrogens (primary N) is 1. The summed E-state index contributed by atoms with van der Waals surface area (Å²) >= 11 is 0. The zero-order valence-electron chi connectivity index (χ0n) is 12.0. The largest absolute Gasteiger partial charge is 0.398 e. The molecule has 2 N–H and O–H groups in total. The fourth-order valence-corrected chi connectivity index (χ4v) is 3.08. The number of likely N-dealkylation sites (tertiary alicyclic amines) is 1. The Morgan fingerprint density at radius 1 is 1.28 bits per heavy atom. The number of piperidine rings is 1. The predicted octanol–water partition coefficient (Wildman–Crippen LogP) is 2.76. The van der Waals surface area contributed by atoms with Crippen LogP contribution in [0.2, 0.25) is 0 Å². The second-order valence-corrected chi connectivity index (χ2v) is 6.07. The average molecular weight is 247 g/mol. The van der Waals surface area contributed by atoms with E-state index < -0.39 is 0 Å². The van der Waals surface area contributed by atoms with Gasteiger partial charge in [-0.2, -0.15) is 0 Å². The van der Waals surface area contributed by atoms with Gasteiger partial charge in [0.1, 0.15) is 0 Å². The summed E-state index contributed by atoms with van der Waals surface area (Å²) in [5, 5.41) is 0. The van der Waals surface area contributed by atoms with Crippen LogP contribution in [0.3, 0.4) is 0 Å². The summed E-state index contributed by atoms with van der Waals surface area (Å²) in [7, 11) is 0. The van der Waals surface area contributed by atoms with E-state index in [2.05, 4.69) is 30.7 Å². The fourth-order valence-electron chi connectivity index (χ4n) is 3.08. The van der Waals surface area contributed by atoms with Crippen LogP contribution in [-0.4, -0.2) is 23.0 Å². The first-order valence-electron chi connectivity index (χ1n) is 6.90. The van der Waals surface area contributed by atoms with Crippen LogP contribution in [0.1, 0.15) is 37.1 Å². The van der Waals surface area contributed by atoms with E-state index in [0.717, 1.165) is 40.9 Å². The molecule has 3 nitrogen and oxygen atoms in total. The molecule has 0 aromatic carbocycles. The molecule has 100 valence electrons. The van der Waals surface area contributed by atoms with Gasteiger partial charge in [0.15, 0.2) is 0 Å². The number of rotatable bonds is 2. The molecule has 1 aromatic rings. The molecule has 1 saturated heterocycles. The second-order valence-electron chi connectivity index (χ2n) is 6.07. The topological polar surface area (TPSA) is 42.2 Å². The summed E-state index contributed by atoms with van der Waals surface area (Å²) in [6.45, 7) is 12.1. The highest BCUT2D eigenvalue weighted by atomic mass is 15.1. The van der Waals surface area contributed by atoms with Gasteiger partial charge < -0.3 is 5.73 Å². The van der Waals surface area contributed by atoms with Gasteiger partial charge in [0.25, 0.3) is 0 Å². The summed E-state index contributed by atoms with van der Waals surface area (Å²) < 4.78 is 0. The van der Waals surface area contributed by atoms with Crippen LogP contribution in [-0.2, 0) is 6.54 Å². The van der Waals surface area contributed by atoms with Crippen molar-refractivity contribution in [1.82, 2.24) is 9.88 Å². The molecule has 0 radical (unpaired) electrons. The maximum Gasteiger partial charge on any atom is 0.0593 e. The van der Waals surface area contributed by atoms with Gasteiger partial charge in [0, 0.05) is 31.5 Å². The number of nitrogens with zero attached hydrogens (tertiary/aromatic N) is 2. The van der Waals surface area contributed by atoms with Gasteiger partial charge in [0.05, 0.1) is 5.69 Å². The first-order chi connectivity index (χ1) is 8.47. The normalized spacial score (nSPS) is 25.3. The van der Waals surface area contributed by atoms with Crippen LogP contribution in [0.5, 0.6) is 0 Å². The number of anilines is 1. The van der Waals surface area contributed by atoms with Crippen molar-refractivity contribution in [2.75, 3.05) is 18.8 Å². The Hall–Kier alpha value is -1.09. The maximum absolute atomic E-state index is 6.08. The fraction of sp³-hybridized carbons (Fsp3) is 0.667. The number of hydrogen-bond acceptors (Lipinski definition) is 3. The lowest BCUT2D eigenvalue weighted by Gasteiger charge is -2.35. The highest BCUT2D eigenvalue weighted by molar-refractivity contribution is 5.53. The third kappa shape index (κ3) is 2.83. The zero-order valence-corrected chi connectivity index (χ0v) is 12.0. The molecule has 3 heteroatoms. The third-order valence-electron chi connectivity index (χ3n) is 3.99. The van der Waals surface area contributed by atoms with Crippen LogP contribution in [0, 0.1) is 25.7 Å². The highest BCUT2D eigenvalue weighted by Crippen LogP contribution is 2.24. The molecule has 0 bridgehead atoms. The monoisotopic (exact) mass is 247 g/mol. The first kappa shape index (κ1) is 13.3. The summed E-state index contributed by atoms with van der Waals surface area (Å²) in [6, 6.07) is 0. The number of hydrogen-bond donors (Lipinski definition) is 1. The summed E-state index contributed by atoms with van der Waals surface area (Å²) in [5.41, 5.74) is 10.4. The van der Waals surface area contributed by atoms with Crippen LogP contribution < -0.4 is 5.73 Å². The number of pyridine rings is 1. The Bertz CT molecular complexity index is 418. The second kappa shape index (κ2) is 5.27. The van der Waals surface area contributed by atoms with E-state index in [4.69, 9.17) is 5.73 Å². The van der Waals surface area contributed by atoms with E-state index in [-0.39, 0.29) is 0 Å². The van der Waals surface area contributed by atoms with E-state index in [1.807, 2.05) is 13.1 Å². The molecule has 1 aliphatic rings. The van der Waals surface area contributed by atoms with Crippen molar-refractivity contribution in [1.29, 1.82) is 0 Å². The highest BCUT2D eigenvalue weighted by Gasteiger charge is 2.22. The molecule has 2 unspecified atom stereocenters. The van der Waals surface area contributed by atoms with Crippen LogP contribution >= 0.6 is 0 Å². The molecule has 1 fully saturated rings. The van der Waals surface area contributed by atoms with Crippen LogP contribution in [0.4, 0.5) is 5.69 Å². The van der Waals surface area contributed by atoms with E-state index in [1.54, 1.807) is 0 Å². The molecule has 1 aromatic heterocycles. The quantitative estimate of drug-likeness (QED) is 0.873. The number of aromatic nitrogens is 1. The summed E-state index contributed by atoms with van der Waals surface area (Å²) in [4.78, 5) is 7.08. The minimum Gasteiger partial charge on any atom is -0.398 e. The number of aryl methyl sites for hydroxylation is 1. The molecule has 0 saturated carbocycles. The SMILES string of the molecule is Cc1cnc(CN2CC(C)CC(C)C2)c(C)c1N. The van der Waals surface area contributed by atoms with E-state index in [1.165, 1.54) is 19.5 Å². The van der Waals surface area contributed by atoms with Crippen molar-refractivity contribution in [2.24, 2.45) is 11.8 Å². The van der Waals surface area contributed by atoms with Gasteiger partial charge in [-0.15, -0.1) is 0 Å². The van der Waals surface area contributed by atoms with Gasteiger partial charge in [-0.3, -0.25) is 9.88 Å². The van der Waals surface area contributed by atoms with E-state index in [9.17, 15) is 0 Å². The molecule has 2 atom stereocenters.